The van der Waals surface area contributed by atoms with Crippen LogP contribution in [0.15, 0.2) is 0 Å². The first kappa shape index (κ1) is 15.4. The Bertz CT molecular complexity index is 228. The maximum absolute atomic E-state index is 11.1. The van der Waals surface area contributed by atoms with Gasteiger partial charge in [0, 0.05) is 6.42 Å². The molecule has 0 aliphatic heterocycles. The molecule has 90 valence electrons. The third kappa shape index (κ3) is 3.43. The molecule has 0 fully saturated rings. The Balaban J connectivity index is 5.15. The minimum atomic E-state index is -3.30. The van der Waals surface area contributed by atoms with Gasteiger partial charge < -0.3 is 20.1 Å². The van der Waals surface area contributed by atoms with Crippen molar-refractivity contribution >= 4 is 43.9 Å². The van der Waals surface area contributed by atoms with Crippen LogP contribution in [-0.2, 0) is 9.53 Å². The molecule has 5 nitrogen and oxygen atoms in total. The van der Waals surface area contributed by atoms with Crippen LogP contribution >= 0.6 is 37.9 Å². The standard InChI is InChI=1S/C7H14O5S3/c1-3-4(8)12-5(2,6(9,10)11)7(13,14)15/h9-11,13-15H,3H2,1-2H3. The first-order valence-electron chi connectivity index (χ1n) is 4.01. The van der Waals surface area contributed by atoms with Gasteiger partial charge in [0.05, 0.1) is 0 Å². The van der Waals surface area contributed by atoms with E-state index in [0.717, 1.165) is 6.92 Å². The molecule has 0 saturated heterocycles. The molecular weight excluding hydrogens is 260 g/mol. The van der Waals surface area contributed by atoms with Crippen molar-refractivity contribution in [3.05, 3.63) is 0 Å². The van der Waals surface area contributed by atoms with E-state index in [0.29, 0.717) is 0 Å². The molecule has 3 N–H and O–H groups in total. The molecule has 0 bridgehead atoms. The van der Waals surface area contributed by atoms with Crippen molar-refractivity contribution in [2.24, 2.45) is 0 Å². The maximum atomic E-state index is 11.1. The number of carbonyl (C=O) groups is 1. The minimum Gasteiger partial charge on any atom is -0.447 e. The van der Waals surface area contributed by atoms with Gasteiger partial charge in [-0.25, -0.2) is 0 Å². The number of carbonyl (C=O) groups excluding carboxylic acids is 1. The van der Waals surface area contributed by atoms with Crippen molar-refractivity contribution < 1.29 is 24.9 Å². The Morgan fingerprint density at radius 1 is 1.27 bits per heavy atom. The monoisotopic (exact) mass is 274 g/mol. The Hall–Kier alpha value is 0.400. The zero-order valence-electron chi connectivity index (χ0n) is 8.21. The van der Waals surface area contributed by atoms with Gasteiger partial charge in [0.1, 0.15) is 3.41 Å². The van der Waals surface area contributed by atoms with E-state index < -0.39 is 21.0 Å². The molecule has 1 atom stereocenters. The van der Waals surface area contributed by atoms with Crippen LogP contribution in [0.5, 0.6) is 0 Å². The van der Waals surface area contributed by atoms with Crippen LogP contribution in [0.2, 0.25) is 0 Å². The Morgan fingerprint density at radius 2 is 1.67 bits per heavy atom. The maximum Gasteiger partial charge on any atom is 0.320 e. The van der Waals surface area contributed by atoms with Crippen LogP contribution < -0.4 is 0 Å². The summed E-state index contributed by atoms with van der Waals surface area (Å²) in [5, 5.41) is 27.3. The summed E-state index contributed by atoms with van der Waals surface area (Å²) in [5.74, 6) is -4.05. The summed E-state index contributed by atoms with van der Waals surface area (Å²) >= 11 is 11.4. The minimum absolute atomic E-state index is 0.00289. The number of aliphatic hydroxyl groups is 3. The number of hydrogen-bond acceptors (Lipinski definition) is 8. The first-order valence-corrected chi connectivity index (χ1v) is 5.36. The molecule has 0 heterocycles. The van der Waals surface area contributed by atoms with Crippen molar-refractivity contribution in [3.8, 4) is 0 Å². The molecular formula is C7H14O5S3. The molecule has 0 aliphatic carbocycles. The van der Waals surface area contributed by atoms with Gasteiger partial charge in [-0.15, -0.1) is 37.9 Å². The third-order valence-electron chi connectivity index (χ3n) is 1.89. The van der Waals surface area contributed by atoms with Gasteiger partial charge in [0.15, 0.2) is 0 Å². The number of thiol groups is 3. The van der Waals surface area contributed by atoms with Crippen LogP contribution in [0.1, 0.15) is 20.3 Å². The molecule has 0 radical (unpaired) electrons. The van der Waals surface area contributed by atoms with Crippen molar-refractivity contribution in [2.45, 2.75) is 35.3 Å². The average Bonchev–Trinajstić information content (AvgIpc) is 1.99. The van der Waals surface area contributed by atoms with Gasteiger partial charge >= 0.3 is 11.9 Å². The number of ether oxygens (including phenoxy) is 1. The van der Waals surface area contributed by atoms with Gasteiger partial charge in [-0.3, -0.25) is 4.79 Å². The molecule has 0 amide bonds. The van der Waals surface area contributed by atoms with E-state index >= 15 is 0 Å². The lowest BCUT2D eigenvalue weighted by molar-refractivity contribution is -0.384. The lowest BCUT2D eigenvalue weighted by Crippen LogP contribution is -2.62. The van der Waals surface area contributed by atoms with Gasteiger partial charge in [-0.1, -0.05) is 6.92 Å². The summed E-state index contributed by atoms with van der Waals surface area (Å²) in [5.41, 5.74) is -2.19. The lowest BCUT2D eigenvalue weighted by atomic mass is 10.1. The second-order valence-electron chi connectivity index (χ2n) is 3.13. The molecule has 0 aromatic carbocycles. The Kier molecular flexibility index (Phi) is 4.85. The fourth-order valence-electron chi connectivity index (χ4n) is 0.662. The van der Waals surface area contributed by atoms with E-state index in [9.17, 15) is 4.79 Å². The van der Waals surface area contributed by atoms with E-state index in [-0.39, 0.29) is 6.42 Å². The predicted octanol–water partition coefficient (Wildman–Crippen LogP) is -0.228. The summed E-state index contributed by atoms with van der Waals surface area (Å²) in [6.07, 6.45) is -0.00289. The fourth-order valence-corrected chi connectivity index (χ4v) is 1.25. The fraction of sp³-hybridized carbons (Fsp3) is 0.857. The second-order valence-corrected chi connectivity index (χ2v) is 6.20. The van der Waals surface area contributed by atoms with Crippen LogP contribution in [0.3, 0.4) is 0 Å². The largest absolute Gasteiger partial charge is 0.447 e. The number of rotatable bonds is 4. The van der Waals surface area contributed by atoms with E-state index in [1.165, 1.54) is 6.92 Å². The first-order chi connectivity index (χ1) is 6.45. The van der Waals surface area contributed by atoms with Gasteiger partial charge in [-0.05, 0) is 6.92 Å². The molecule has 1 unspecified atom stereocenters. The molecule has 0 aliphatic rings. The number of hydrogen-bond donors (Lipinski definition) is 6. The number of esters is 1. The quantitative estimate of drug-likeness (QED) is 0.242. The molecule has 8 heteroatoms. The Labute approximate surface area is 104 Å². The highest BCUT2D eigenvalue weighted by atomic mass is 32.2. The highest BCUT2D eigenvalue weighted by Crippen LogP contribution is 2.44. The van der Waals surface area contributed by atoms with Crippen LogP contribution in [-0.4, -0.2) is 36.3 Å². The van der Waals surface area contributed by atoms with Crippen molar-refractivity contribution in [2.75, 3.05) is 0 Å². The van der Waals surface area contributed by atoms with E-state index in [1.807, 2.05) is 0 Å². The average molecular weight is 274 g/mol. The molecule has 0 spiro atoms. The zero-order valence-corrected chi connectivity index (χ0v) is 10.9. The third-order valence-corrected chi connectivity index (χ3v) is 3.17. The lowest BCUT2D eigenvalue weighted by Gasteiger charge is -2.43. The summed E-state index contributed by atoms with van der Waals surface area (Å²) in [6, 6.07) is 0. The molecule has 0 aromatic heterocycles. The van der Waals surface area contributed by atoms with Crippen LogP contribution in [0.25, 0.3) is 0 Å². The van der Waals surface area contributed by atoms with Gasteiger partial charge in [-0.2, -0.15) is 0 Å². The topological polar surface area (TPSA) is 87.0 Å². The smallest absolute Gasteiger partial charge is 0.320 e. The molecule has 0 saturated carbocycles. The highest BCUT2D eigenvalue weighted by Gasteiger charge is 2.59. The van der Waals surface area contributed by atoms with Gasteiger partial charge in [0.2, 0.25) is 5.60 Å². The highest BCUT2D eigenvalue weighted by molar-refractivity contribution is 8.17. The normalized spacial score (nSPS) is 17.1. The predicted molar refractivity (Wildman–Crippen MR) is 63.9 cm³/mol. The summed E-state index contributed by atoms with van der Waals surface area (Å²) in [4.78, 5) is 11.1. The van der Waals surface area contributed by atoms with Crippen LogP contribution in [0, 0.1) is 0 Å². The molecule has 0 rings (SSSR count). The van der Waals surface area contributed by atoms with E-state index in [2.05, 4.69) is 37.9 Å². The summed E-state index contributed by atoms with van der Waals surface area (Å²) in [7, 11) is 0. The zero-order chi connectivity index (χ0) is 12.5. The van der Waals surface area contributed by atoms with Gasteiger partial charge in [0.25, 0.3) is 0 Å². The molecule has 15 heavy (non-hydrogen) atoms. The summed E-state index contributed by atoms with van der Waals surface area (Å²) < 4.78 is 2.96. The summed E-state index contributed by atoms with van der Waals surface area (Å²) in [6.45, 7) is 2.56. The van der Waals surface area contributed by atoms with Crippen molar-refractivity contribution in [1.82, 2.24) is 0 Å². The van der Waals surface area contributed by atoms with Crippen molar-refractivity contribution in [3.63, 3.8) is 0 Å². The van der Waals surface area contributed by atoms with Crippen molar-refractivity contribution in [1.29, 1.82) is 0 Å². The van der Waals surface area contributed by atoms with E-state index in [1.54, 1.807) is 0 Å². The second kappa shape index (κ2) is 4.72. The van der Waals surface area contributed by atoms with E-state index in [4.69, 9.17) is 20.1 Å². The SMILES string of the molecule is CCC(=O)OC(C)(C(O)(O)O)C(S)(S)S. The molecule has 0 aromatic rings. The Morgan fingerprint density at radius 3 is 1.87 bits per heavy atom. The van der Waals surface area contributed by atoms with Crippen LogP contribution in [0.4, 0.5) is 0 Å².